The molecule has 2 atom stereocenters. The number of nitrogens with zero attached hydrogens (tertiary/aromatic N) is 1. The van der Waals surface area contributed by atoms with Gasteiger partial charge < -0.3 is 14.4 Å². The highest BCUT2D eigenvalue weighted by molar-refractivity contribution is 5.70. The Morgan fingerprint density at radius 3 is 2.62 bits per heavy atom. The molecule has 1 amide bonds. The lowest BCUT2D eigenvalue weighted by Crippen LogP contribution is -2.35. The highest BCUT2D eigenvalue weighted by Crippen LogP contribution is 2.28. The van der Waals surface area contributed by atoms with Gasteiger partial charge in [0.05, 0.1) is 0 Å². The minimum atomic E-state index is -0.516. The van der Waals surface area contributed by atoms with Crippen LogP contribution in [0.15, 0.2) is 24.3 Å². The molecule has 0 N–H and O–H groups in total. The summed E-state index contributed by atoms with van der Waals surface area (Å²) in [7, 11) is 0. The van der Waals surface area contributed by atoms with Gasteiger partial charge in [-0.25, -0.2) is 4.79 Å². The van der Waals surface area contributed by atoms with Crippen LogP contribution in [0.2, 0.25) is 0 Å². The Labute approximate surface area is 145 Å². The molecule has 24 heavy (non-hydrogen) atoms. The highest BCUT2D eigenvalue weighted by atomic mass is 16.6. The van der Waals surface area contributed by atoms with Crippen LogP contribution in [0, 0.1) is 11.8 Å². The van der Waals surface area contributed by atoms with E-state index in [2.05, 4.69) is 38.1 Å². The van der Waals surface area contributed by atoms with Crippen molar-refractivity contribution in [2.75, 3.05) is 13.1 Å². The first-order valence-corrected chi connectivity index (χ1v) is 8.71. The predicted octanol–water partition coefficient (Wildman–Crippen LogP) is 4.03. The van der Waals surface area contributed by atoms with Crippen molar-refractivity contribution in [2.24, 2.45) is 11.8 Å². The summed E-state index contributed by atoms with van der Waals surface area (Å²) in [5.41, 5.74) is 2.01. The van der Waals surface area contributed by atoms with Crippen LogP contribution in [-0.2, 0) is 16.0 Å². The van der Waals surface area contributed by atoms with Gasteiger partial charge in [0.15, 0.2) is 0 Å². The highest BCUT2D eigenvalue weighted by Gasteiger charge is 2.36. The summed E-state index contributed by atoms with van der Waals surface area (Å²) in [6.45, 7) is 10.9. The lowest BCUT2D eigenvalue weighted by molar-refractivity contribution is -0.111. The topological polar surface area (TPSA) is 46.6 Å². The van der Waals surface area contributed by atoms with Crippen molar-refractivity contribution in [3.05, 3.63) is 35.4 Å². The summed E-state index contributed by atoms with van der Waals surface area (Å²) in [5, 5.41) is 0. The summed E-state index contributed by atoms with van der Waals surface area (Å²) in [5.74, 6) is 0.506. The molecule has 0 bridgehead atoms. The van der Waals surface area contributed by atoms with Gasteiger partial charge in [0.2, 0.25) is 0 Å². The number of hydrogen-bond donors (Lipinski definition) is 0. The molecule has 0 spiro atoms. The summed E-state index contributed by atoms with van der Waals surface area (Å²) in [6.07, 6.45) is 1.47. The number of carbonyl (C=O) groups is 2. The lowest BCUT2D eigenvalue weighted by atomic mass is 9.89. The molecule has 0 radical (unpaired) electrons. The van der Waals surface area contributed by atoms with Gasteiger partial charge in [-0.05, 0) is 50.2 Å². The van der Waals surface area contributed by atoms with E-state index in [4.69, 9.17) is 4.74 Å². The van der Waals surface area contributed by atoms with Gasteiger partial charge in [-0.3, -0.25) is 0 Å². The van der Waals surface area contributed by atoms with E-state index in [-0.39, 0.29) is 17.9 Å². The number of hydrogen-bond acceptors (Lipinski definition) is 3. The fourth-order valence-corrected chi connectivity index (χ4v) is 3.12. The number of carbonyl (C=O) groups excluding carboxylic acids is 2. The zero-order valence-corrected chi connectivity index (χ0v) is 15.4. The zero-order chi connectivity index (χ0) is 17.9. The van der Waals surface area contributed by atoms with E-state index in [0.29, 0.717) is 19.0 Å². The first kappa shape index (κ1) is 18.5. The molecule has 1 aromatic rings. The third-order valence-corrected chi connectivity index (χ3v) is 4.43. The average molecular weight is 331 g/mol. The van der Waals surface area contributed by atoms with Crippen LogP contribution >= 0.6 is 0 Å². The third kappa shape index (κ3) is 4.83. The molecule has 2 unspecified atom stereocenters. The molecular weight excluding hydrogens is 302 g/mol. The number of ether oxygens (including phenoxy) is 1. The molecule has 1 aromatic carbocycles. The Bertz CT molecular complexity index is 589. The van der Waals surface area contributed by atoms with E-state index in [0.717, 1.165) is 12.7 Å². The summed E-state index contributed by atoms with van der Waals surface area (Å²) >= 11 is 0. The molecule has 1 saturated heterocycles. The molecule has 1 aliphatic heterocycles. The van der Waals surface area contributed by atoms with Crippen molar-refractivity contribution in [1.82, 2.24) is 4.90 Å². The number of rotatable bonds is 4. The van der Waals surface area contributed by atoms with Crippen LogP contribution < -0.4 is 0 Å². The van der Waals surface area contributed by atoms with Crippen LogP contribution in [0.4, 0.5) is 4.79 Å². The Balaban J connectivity index is 2.06. The minimum absolute atomic E-state index is 0.125. The van der Waals surface area contributed by atoms with Gasteiger partial charge in [-0.15, -0.1) is 0 Å². The Hall–Kier alpha value is -1.84. The second kappa shape index (κ2) is 7.37. The first-order valence-electron chi connectivity index (χ1n) is 8.71. The molecule has 4 nitrogen and oxygen atoms in total. The SMILES string of the molecule is CC(C)c1cccc(CC2CN(C(=O)OC(C)(C)C)CC2C=O)c1. The molecule has 0 aromatic heterocycles. The lowest BCUT2D eigenvalue weighted by Gasteiger charge is -2.24. The molecule has 1 fully saturated rings. The Morgan fingerprint density at radius 1 is 1.33 bits per heavy atom. The number of aldehydes is 1. The van der Waals surface area contributed by atoms with Crippen LogP contribution in [0.25, 0.3) is 0 Å². The standard InChI is InChI=1S/C20H29NO3/c1-14(2)16-8-6-7-15(9-16)10-17-11-21(12-18(17)13-22)19(23)24-20(3,4)5/h6-9,13-14,17-18H,10-12H2,1-5H3. The number of likely N-dealkylation sites (tertiary alicyclic amines) is 1. The van der Waals surface area contributed by atoms with Crippen LogP contribution in [-0.4, -0.2) is 36.0 Å². The van der Waals surface area contributed by atoms with Crippen molar-refractivity contribution >= 4 is 12.4 Å². The second-order valence-corrected chi connectivity index (χ2v) is 8.05. The number of benzene rings is 1. The molecule has 2 rings (SSSR count). The van der Waals surface area contributed by atoms with E-state index < -0.39 is 5.60 Å². The smallest absolute Gasteiger partial charge is 0.410 e. The maximum absolute atomic E-state index is 12.3. The van der Waals surface area contributed by atoms with Crippen LogP contribution in [0.1, 0.15) is 51.7 Å². The van der Waals surface area contributed by atoms with E-state index in [1.807, 2.05) is 20.8 Å². The van der Waals surface area contributed by atoms with Crippen LogP contribution in [0.3, 0.4) is 0 Å². The van der Waals surface area contributed by atoms with Gasteiger partial charge in [0.25, 0.3) is 0 Å². The summed E-state index contributed by atoms with van der Waals surface area (Å²) in [6, 6.07) is 8.51. The van der Waals surface area contributed by atoms with Crippen molar-refractivity contribution in [3.8, 4) is 0 Å². The zero-order valence-electron chi connectivity index (χ0n) is 15.4. The summed E-state index contributed by atoms with van der Waals surface area (Å²) in [4.78, 5) is 25.4. The van der Waals surface area contributed by atoms with Crippen molar-refractivity contribution < 1.29 is 14.3 Å². The van der Waals surface area contributed by atoms with Gasteiger partial charge in [0, 0.05) is 19.0 Å². The fourth-order valence-electron chi connectivity index (χ4n) is 3.12. The first-order chi connectivity index (χ1) is 11.2. The normalized spacial score (nSPS) is 21.2. The van der Waals surface area contributed by atoms with Gasteiger partial charge in [-0.1, -0.05) is 38.1 Å². The van der Waals surface area contributed by atoms with E-state index in [9.17, 15) is 9.59 Å². The maximum atomic E-state index is 12.3. The average Bonchev–Trinajstić information content (AvgIpc) is 2.89. The Morgan fingerprint density at radius 2 is 2.04 bits per heavy atom. The largest absolute Gasteiger partial charge is 0.444 e. The van der Waals surface area contributed by atoms with Crippen molar-refractivity contribution in [2.45, 2.75) is 52.6 Å². The Kier molecular flexibility index (Phi) is 5.68. The van der Waals surface area contributed by atoms with E-state index >= 15 is 0 Å². The maximum Gasteiger partial charge on any atom is 0.410 e. The summed E-state index contributed by atoms with van der Waals surface area (Å²) < 4.78 is 5.43. The van der Waals surface area contributed by atoms with Crippen molar-refractivity contribution in [1.29, 1.82) is 0 Å². The molecule has 1 aliphatic rings. The molecule has 0 aliphatic carbocycles. The number of amides is 1. The predicted molar refractivity (Wildman–Crippen MR) is 95.1 cm³/mol. The molecule has 1 heterocycles. The third-order valence-electron chi connectivity index (χ3n) is 4.43. The molecular formula is C20H29NO3. The minimum Gasteiger partial charge on any atom is -0.444 e. The van der Waals surface area contributed by atoms with E-state index in [1.165, 1.54) is 11.1 Å². The second-order valence-electron chi connectivity index (χ2n) is 8.05. The molecule has 4 heteroatoms. The molecule has 0 saturated carbocycles. The van der Waals surface area contributed by atoms with Gasteiger partial charge in [-0.2, -0.15) is 0 Å². The van der Waals surface area contributed by atoms with E-state index in [1.54, 1.807) is 4.90 Å². The monoisotopic (exact) mass is 331 g/mol. The fraction of sp³-hybridized carbons (Fsp3) is 0.600. The quantitative estimate of drug-likeness (QED) is 0.782. The van der Waals surface area contributed by atoms with Crippen molar-refractivity contribution in [3.63, 3.8) is 0 Å². The molecule has 132 valence electrons. The van der Waals surface area contributed by atoms with Crippen LogP contribution in [0.5, 0.6) is 0 Å². The van der Waals surface area contributed by atoms with Gasteiger partial charge >= 0.3 is 6.09 Å². The van der Waals surface area contributed by atoms with Gasteiger partial charge in [0.1, 0.15) is 11.9 Å².